The first-order chi connectivity index (χ1) is 57.5. The van der Waals surface area contributed by atoms with Gasteiger partial charge in [-0.2, -0.15) is 0 Å². The number of hydrogen-bond acceptors (Lipinski definition) is 13. The Kier molecular flexibility index (Phi) is 34.7. The van der Waals surface area contributed by atoms with E-state index in [1.807, 2.05) is 0 Å². The number of nitro groups is 2. The van der Waals surface area contributed by atoms with Crippen LogP contribution in [0.15, 0.2) is 146 Å². The van der Waals surface area contributed by atoms with Crippen molar-refractivity contribution in [1.82, 2.24) is 17.9 Å². The normalized spacial score (nSPS) is 11.7. The number of nitrogens with zero attached hydrogens (tertiary/aromatic N) is 8. The van der Waals surface area contributed by atoms with Gasteiger partial charge in [-0.25, -0.2) is 0 Å². The SMILES string of the molecule is CCCCCCCCOc1ccc(N(c2ccc(OCCCCCCCC)cc2)c2ccc3c4[se]c(-c5c([N+](=O)[O-])c([N+](=O)[O-])c(-c6cc7c([se]6)c6ccc(N(c8ccc(OCCCCCCCC)cc8)c8ccc(OCCCCCCCC)cc8)cc6n7CCCCCCCC)c6nsnc56)cc4n(CCCCCCCC)c3c2)cc1. The Morgan fingerprint density at radius 2 is 0.581 bits per heavy atom. The standard InChI is InChI=1S/C98H126N8O8SSe2/c1-7-13-19-25-31-37-63-101-85-69-77(103(73-43-53-79(54-44-73)111-65-39-33-27-21-15-9-3)74-45-55-80(56-46-74)112-66-40-34-28-22-16-10-4)51-61-83(85)97-87(101)71-89(116-97)91-93-94(100-115-99-93)92(96(106(109)110)95(91)105(107)108)90-72-88-98(117-90)84-62-52-78(70-86(84)102(88)64-38-32-26-20-14-8-2)104(75-47-57-81(58-48-75)113-67-41-35-29-23-17-11-5)76-49-59-82(60-50-76)114-68-42-36-30-24-18-12-6/h43-62,69-72H,7-42,63-68H2,1-6H3. The number of benzene rings is 7. The summed E-state index contributed by atoms with van der Waals surface area (Å²) < 4.78 is 43.6. The third kappa shape index (κ3) is 23.1. The van der Waals surface area contributed by atoms with Crippen molar-refractivity contribution in [2.75, 3.05) is 36.2 Å². The third-order valence-corrected chi connectivity index (χ3v) is 28.5. The van der Waals surface area contributed by atoms with Crippen LogP contribution in [-0.2, 0) is 13.1 Å². The molecule has 0 aliphatic rings. The number of anilines is 6. The van der Waals surface area contributed by atoms with Crippen molar-refractivity contribution in [3.63, 3.8) is 0 Å². The second-order valence-electron chi connectivity index (χ2n) is 31.9. The van der Waals surface area contributed by atoms with Crippen molar-refractivity contribution >= 4 is 139 Å². The zero-order valence-electron chi connectivity index (χ0n) is 70.6. The van der Waals surface area contributed by atoms with Crippen LogP contribution in [0.4, 0.5) is 45.5 Å². The monoisotopic (exact) mass is 1730 g/mol. The average molecular weight is 1730 g/mol. The van der Waals surface area contributed by atoms with E-state index in [0.717, 1.165) is 226 Å². The molecule has 117 heavy (non-hydrogen) atoms. The fraction of sp³-hybridized carbons (Fsp3) is 0.490. The predicted octanol–water partition coefficient (Wildman–Crippen LogP) is 29.8. The van der Waals surface area contributed by atoms with E-state index >= 15 is 0 Å². The molecular weight excluding hydrogens is 1610 g/mol. The molecule has 7 aromatic carbocycles. The van der Waals surface area contributed by atoms with Crippen molar-refractivity contribution in [1.29, 1.82) is 0 Å². The number of fused-ring (bicyclic) bond motifs is 7. The molecule has 0 bridgehead atoms. The van der Waals surface area contributed by atoms with Gasteiger partial charge >= 0.3 is 534 Å². The molecule has 0 radical (unpaired) electrons. The number of rotatable bonds is 56. The van der Waals surface area contributed by atoms with E-state index < -0.39 is 50.2 Å². The first kappa shape index (κ1) is 87.9. The topological polar surface area (TPSA) is 165 Å². The second kappa shape index (κ2) is 46.2. The van der Waals surface area contributed by atoms with E-state index in [9.17, 15) is 20.2 Å². The minimum absolute atomic E-state index is 0.195. The molecule has 0 N–H and O–H groups in total. The zero-order valence-corrected chi connectivity index (χ0v) is 74.9. The Hall–Kier alpha value is -8.44. The van der Waals surface area contributed by atoms with Crippen molar-refractivity contribution in [2.24, 2.45) is 0 Å². The first-order valence-electron chi connectivity index (χ1n) is 44.8. The quantitative estimate of drug-likeness (QED) is 0.0153. The van der Waals surface area contributed by atoms with E-state index in [1.165, 1.54) is 128 Å². The Bertz CT molecular complexity index is 4610. The van der Waals surface area contributed by atoms with Gasteiger partial charge in [-0.1, -0.05) is 156 Å². The molecule has 5 aromatic heterocycles. The number of aryl methyl sites for hydroxylation is 2. The van der Waals surface area contributed by atoms with E-state index in [-0.39, 0.29) is 11.1 Å². The van der Waals surface area contributed by atoms with Gasteiger partial charge in [0.2, 0.25) is 0 Å². The summed E-state index contributed by atoms with van der Waals surface area (Å²) in [5.74, 6) is 3.38. The summed E-state index contributed by atoms with van der Waals surface area (Å²) in [6.07, 6.45) is 42.1. The van der Waals surface area contributed by atoms with Gasteiger partial charge in [0, 0.05) is 0 Å². The molecule has 19 heteroatoms. The van der Waals surface area contributed by atoms with Crippen LogP contribution in [0.2, 0.25) is 0 Å². The van der Waals surface area contributed by atoms with Gasteiger partial charge in [-0.05, 0) is 25.7 Å². The van der Waals surface area contributed by atoms with E-state index in [1.54, 1.807) is 0 Å². The Balaban J connectivity index is 0.918. The molecule has 5 heterocycles. The average Bonchev–Trinajstić information content (AvgIpc) is 1.57. The van der Waals surface area contributed by atoms with Crippen LogP contribution in [-0.4, -0.2) is 83.2 Å². The minimum atomic E-state index is -0.529. The number of nitro benzene ring substituents is 2. The van der Waals surface area contributed by atoms with Crippen LogP contribution in [0.25, 0.3) is 72.4 Å². The summed E-state index contributed by atoms with van der Waals surface area (Å²) in [5.41, 5.74) is 10.0. The summed E-state index contributed by atoms with van der Waals surface area (Å²) >= 11 is -0.0987. The maximum absolute atomic E-state index is 14.2. The van der Waals surface area contributed by atoms with Crippen LogP contribution >= 0.6 is 11.7 Å². The number of unbranched alkanes of at least 4 members (excludes halogenated alkanes) is 30. The van der Waals surface area contributed by atoms with E-state index in [0.29, 0.717) is 46.3 Å². The van der Waals surface area contributed by atoms with Gasteiger partial charge in [-0.15, -0.1) is 0 Å². The molecule has 0 amide bonds. The summed E-state index contributed by atoms with van der Waals surface area (Å²) in [6, 6.07) is 51.4. The van der Waals surface area contributed by atoms with Crippen LogP contribution in [0, 0.1) is 20.2 Å². The molecule has 16 nitrogen and oxygen atoms in total. The van der Waals surface area contributed by atoms with Gasteiger partial charge in [0.1, 0.15) is 0 Å². The fourth-order valence-corrected chi connectivity index (χ4v) is 22.3. The molecule has 0 fully saturated rings. The fourth-order valence-electron chi connectivity index (χ4n) is 16.5. The van der Waals surface area contributed by atoms with Gasteiger partial charge in [0.15, 0.2) is 0 Å². The first-order valence-corrected chi connectivity index (χ1v) is 49.0. The molecule has 0 spiro atoms. The number of ether oxygens (including phenoxy) is 4. The third-order valence-electron chi connectivity index (χ3n) is 23.0. The van der Waals surface area contributed by atoms with Crippen LogP contribution < -0.4 is 28.7 Å². The molecule has 12 aromatic rings. The summed E-state index contributed by atoms with van der Waals surface area (Å²) in [7, 11) is 0. The van der Waals surface area contributed by atoms with Crippen LogP contribution in [0.3, 0.4) is 0 Å². The summed E-state index contributed by atoms with van der Waals surface area (Å²) in [4.78, 5) is 32.0. The van der Waals surface area contributed by atoms with E-state index in [4.69, 9.17) is 27.7 Å². The van der Waals surface area contributed by atoms with Gasteiger partial charge in [-0.3, -0.25) is 0 Å². The molecule has 0 unspecified atom stereocenters. The summed E-state index contributed by atoms with van der Waals surface area (Å²) in [6.45, 7) is 17.7. The van der Waals surface area contributed by atoms with Gasteiger partial charge in [0.05, 0.1) is 0 Å². The van der Waals surface area contributed by atoms with Crippen molar-refractivity contribution in [3.8, 4) is 43.0 Å². The van der Waals surface area contributed by atoms with Crippen LogP contribution in [0.5, 0.6) is 23.0 Å². The Morgan fingerprint density at radius 1 is 0.325 bits per heavy atom. The van der Waals surface area contributed by atoms with Crippen molar-refractivity contribution in [2.45, 2.75) is 286 Å². The second-order valence-corrected chi connectivity index (χ2v) is 36.9. The molecule has 0 atom stereocenters. The van der Waals surface area contributed by atoms with Crippen molar-refractivity contribution in [3.05, 3.63) is 166 Å². The Labute approximate surface area is 711 Å². The van der Waals surface area contributed by atoms with E-state index in [2.05, 4.69) is 206 Å². The molecule has 624 valence electrons. The molecule has 12 rings (SSSR count). The zero-order chi connectivity index (χ0) is 81.5. The summed E-state index contributed by atoms with van der Waals surface area (Å²) in [5, 5.41) is 30.6. The molecule has 0 aliphatic carbocycles. The van der Waals surface area contributed by atoms with Gasteiger partial charge < -0.3 is 0 Å². The van der Waals surface area contributed by atoms with Gasteiger partial charge in [0.25, 0.3) is 0 Å². The predicted molar refractivity (Wildman–Crippen MR) is 493 cm³/mol. The van der Waals surface area contributed by atoms with Crippen molar-refractivity contribution < 1.29 is 28.8 Å². The molecular formula is C98H126N8O8SSe2. The molecule has 0 saturated carbocycles. The Morgan fingerprint density at radius 3 is 0.855 bits per heavy atom. The number of hydrogen-bond donors (Lipinski definition) is 0. The number of aromatic nitrogens is 4. The van der Waals surface area contributed by atoms with Crippen LogP contribution in [0.1, 0.15) is 273 Å². The molecule has 0 aliphatic heterocycles. The molecule has 0 saturated heterocycles. The maximum atomic E-state index is 14.2.